The zero-order valence-corrected chi connectivity index (χ0v) is 15.1. The maximum absolute atomic E-state index is 14.1. The van der Waals surface area contributed by atoms with Crippen molar-refractivity contribution in [2.24, 2.45) is 0 Å². The van der Waals surface area contributed by atoms with Gasteiger partial charge in [0.2, 0.25) is 0 Å². The molecule has 1 saturated heterocycles. The van der Waals surface area contributed by atoms with Crippen molar-refractivity contribution in [3.8, 4) is 0 Å². The number of nitrogens with zero attached hydrogens (tertiary/aromatic N) is 2. The SMILES string of the molecule is C[S@](=O)c1cc(N2CCN(C(=O)OC(C)(C)C)CC2)c(F)cc1F. The van der Waals surface area contributed by atoms with Crippen molar-refractivity contribution in [3.05, 3.63) is 23.8 Å². The van der Waals surface area contributed by atoms with Crippen LogP contribution in [0.1, 0.15) is 20.8 Å². The van der Waals surface area contributed by atoms with Crippen molar-refractivity contribution < 1.29 is 22.5 Å². The van der Waals surface area contributed by atoms with Crippen LogP contribution in [0.5, 0.6) is 0 Å². The highest BCUT2D eigenvalue weighted by Gasteiger charge is 2.27. The van der Waals surface area contributed by atoms with Crippen molar-refractivity contribution >= 4 is 22.6 Å². The number of rotatable bonds is 2. The number of halogens is 2. The summed E-state index contributed by atoms with van der Waals surface area (Å²) >= 11 is 0. The smallest absolute Gasteiger partial charge is 0.410 e. The van der Waals surface area contributed by atoms with E-state index >= 15 is 0 Å². The summed E-state index contributed by atoms with van der Waals surface area (Å²) in [4.78, 5) is 15.3. The zero-order chi connectivity index (χ0) is 18.1. The fraction of sp³-hybridized carbons (Fsp3) is 0.562. The number of carbonyl (C=O) groups is 1. The van der Waals surface area contributed by atoms with Gasteiger partial charge in [-0.15, -0.1) is 0 Å². The topological polar surface area (TPSA) is 49.9 Å². The number of amides is 1. The van der Waals surface area contributed by atoms with E-state index < -0.39 is 34.1 Å². The molecule has 1 atom stereocenters. The van der Waals surface area contributed by atoms with Gasteiger partial charge in [0.25, 0.3) is 0 Å². The van der Waals surface area contributed by atoms with Crippen molar-refractivity contribution in [1.29, 1.82) is 0 Å². The Hall–Kier alpha value is -1.70. The summed E-state index contributed by atoms with van der Waals surface area (Å²) in [5, 5.41) is 0. The van der Waals surface area contributed by atoms with Gasteiger partial charge in [0.1, 0.15) is 17.2 Å². The van der Waals surface area contributed by atoms with Crippen molar-refractivity contribution in [3.63, 3.8) is 0 Å². The molecule has 1 aromatic carbocycles. The predicted octanol–water partition coefficient (Wildman–Crippen LogP) is 2.76. The molecule has 134 valence electrons. The molecule has 0 spiro atoms. The molecule has 0 saturated carbocycles. The Balaban J connectivity index is 2.09. The van der Waals surface area contributed by atoms with Crippen LogP contribution in [-0.2, 0) is 15.5 Å². The van der Waals surface area contributed by atoms with Crippen LogP contribution in [0.4, 0.5) is 19.3 Å². The second-order valence-corrected chi connectivity index (χ2v) is 7.99. The molecule has 0 N–H and O–H groups in total. The molecule has 0 aromatic heterocycles. The molecule has 1 aliphatic rings. The summed E-state index contributed by atoms with van der Waals surface area (Å²) in [6, 6.07) is 2.04. The lowest BCUT2D eigenvalue weighted by Crippen LogP contribution is -2.50. The van der Waals surface area contributed by atoms with E-state index in [0.29, 0.717) is 26.2 Å². The van der Waals surface area contributed by atoms with Gasteiger partial charge in [-0.05, 0) is 26.8 Å². The van der Waals surface area contributed by atoms with Crippen LogP contribution in [-0.4, -0.2) is 53.2 Å². The summed E-state index contributed by atoms with van der Waals surface area (Å²) in [7, 11) is -1.54. The van der Waals surface area contributed by atoms with Gasteiger partial charge in [-0.2, -0.15) is 0 Å². The average molecular weight is 360 g/mol. The van der Waals surface area contributed by atoms with E-state index in [-0.39, 0.29) is 10.6 Å². The van der Waals surface area contributed by atoms with Gasteiger partial charge in [0, 0.05) is 38.5 Å². The quantitative estimate of drug-likeness (QED) is 0.814. The minimum absolute atomic E-state index is 0.0269. The Morgan fingerprint density at radius 2 is 1.71 bits per heavy atom. The number of ether oxygens (including phenoxy) is 1. The number of anilines is 1. The highest BCUT2D eigenvalue weighted by atomic mass is 32.2. The first-order chi connectivity index (χ1) is 11.1. The van der Waals surface area contributed by atoms with E-state index in [1.807, 2.05) is 0 Å². The van der Waals surface area contributed by atoms with Crippen molar-refractivity contribution in [2.75, 3.05) is 37.3 Å². The summed E-state index contributed by atoms with van der Waals surface area (Å²) in [6.45, 7) is 6.89. The third kappa shape index (κ3) is 4.43. The van der Waals surface area contributed by atoms with Crippen LogP contribution in [0.15, 0.2) is 17.0 Å². The normalized spacial score (nSPS) is 16.9. The molecule has 1 heterocycles. The van der Waals surface area contributed by atoms with Crippen LogP contribution in [0.2, 0.25) is 0 Å². The lowest BCUT2D eigenvalue weighted by molar-refractivity contribution is 0.0240. The second kappa shape index (κ2) is 7.04. The predicted molar refractivity (Wildman–Crippen MR) is 88.7 cm³/mol. The van der Waals surface area contributed by atoms with Crippen molar-refractivity contribution in [2.45, 2.75) is 31.3 Å². The first-order valence-electron chi connectivity index (χ1n) is 7.64. The molecule has 1 amide bonds. The summed E-state index contributed by atoms with van der Waals surface area (Å²) in [5.41, 5.74) is -0.373. The van der Waals surface area contributed by atoms with E-state index in [2.05, 4.69) is 0 Å². The van der Waals surface area contributed by atoms with Crippen LogP contribution in [0.3, 0.4) is 0 Å². The van der Waals surface area contributed by atoms with Crippen LogP contribution in [0, 0.1) is 11.6 Å². The Bertz CT molecular complexity index is 653. The lowest BCUT2D eigenvalue weighted by atomic mass is 10.2. The highest BCUT2D eigenvalue weighted by molar-refractivity contribution is 7.84. The molecule has 0 bridgehead atoms. The second-order valence-electron chi connectivity index (χ2n) is 6.64. The molecule has 24 heavy (non-hydrogen) atoms. The summed E-state index contributed by atoms with van der Waals surface area (Å²) < 4.78 is 44.6. The molecule has 1 aliphatic heterocycles. The molecule has 2 rings (SSSR count). The summed E-state index contributed by atoms with van der Waals surface area (Å²) in [5.74, 6) is -1.52. The molecular formula is C16H22F2N2O3S. The third-order valence-corrected chi connectivity index (χ3v) is 4.52. The van der Waals surface area contributed by atoms with Gasteiger partial charge in [-0.3, -0.25) is 4.21 Å². The molecule has 0 aliphatic carbocycles. The number of hydrogen-bond acceptors (Lipinski definition) is 4. The molecule has 0 unspecified atom stereocenters. The molecular weight excluding hydrogens is 338 g/mol. The van der Waals surface area contributed by atoms with Gasteiger partial charge >= 0.3 is 6.09 Å². The Morgan fingerprint density at radius 1 is 1.12 bits per heavy atom. The van der Waals surface area contributed by atoms with E-state index in [9.17, 15) is 17.8 Å². The number of benzene rings is 1. The highest BCUT2D eigenvalue weighted by Crippen LogP contribution is 2.26. The zero-order valence-electron chi connectivity index (χ0n) is 14.3. The third-order valence-electron chi connectivity index (χ3n) is 3.58. The standard InChI is InChI=1S/C16H22F2N2O3S/c1-16(2,3)23-15(21)20-7-5-19(6-8-20)13-10-14(24(4)22)12(18)9-11(13)17/h9-10H,5-8H2,1-4H3/t24-/m0/s1. The van der Waals surface area contributed by atoms with Crippen LogP contribution in [0.25, 0.3) is 0 Å². The van der Waals surface area contributed by atoms with Crippen molar-refractivity contribution in [1.82, 2.24) is 4.90 Å². The first kappa shape index (κ1) is 18.6. The van der Waals surface area contributed by atoms with Gasteiger partial charge in [-0.1, -0.05) is 0 Å². The largest absolute Gasteiger partial charge is 0.444 e. The Kier molecular flexibility index (Phi) is 5.47. The van der Waals surface area contributed by atoms with Gasteiger partial charge < -0.3 is 14.5 Å². The lowest BCUT2D eigenvalue weighted by Gasteiger charge is -2.37. The monoisotopic (exact) mass is 360 g/mol. The molecule has 5 nitrogen and oxygen atoms in total. The maximum atomic E-state index is 14.1. The number of piperazine rings is 1. The van der Waals surface area contributed by atoms with E-state index in [1.54, 1.807) is 30.6 Å². The van der Waals surface area contributed by atoms with Gasteiger partial charge in [-0.25, -0.2) is 13.6 Å². The van der Waals surface area contributed by atoms with Gasteiger partial charge in [0.05, 0.1) is 21.4 Å². The molecule has 8 heteroatoms. The molecule has 1 aromatic rings. The van der Waals surface area contributed by atoms with Crippen LogP contribution >= 0.6 is 0 Å². The first-order valence-corrected chi connectivity index (χ1v) is 9.19. The Labute approximate surface area is 143 Å². The van der Waals surface area contributed by atoms with E-state index in [1.165, 1.54) is 12.3 Å². The van der Waals surface area contributed by atoms with E-state index in [4.69, 9.17) is 4.74 Å². The Morgan fingerprint density at radius 3 is 2.21 bits per heavy atom. The molecule has 0 radical (unpaired) electrons. The minimum Gasteiger partial charge on any atom is -0.444 e. The van der Waals surface area contributed by atoms with Gasteiger partial charge in [0.15, 0.2) is 0 Å². The average Bonchev–Trinajstić information content (AvgIpc) is 2.45. The number of hydrogen-bond donors (Lipinski definition) is 0. The van der Waals surface area contributed by atoms with Crippen LogP contribution < -0.4 is 4.90 Å². The summed E-state index contributed by atoms with van der Waals surface area (Å²) in [6.07, 6.45) is 0.942. The maximum Gasteiger partial charge on any atom is 0.410 e. The number of carbonyl (C=O) groups excluding carboxylic acids is 1. The fourth-order valence-corrected chi connectivity index (χ4v) is 3.05. The molecule has 1 fully saturated rings. The fourth-order valence-electron chi connectivity index (χ4n) is 2.44. The minimum atomic E-state index is -1.54. The van der Waals surface area contributed by atoms with E-state index in [0.717, 1.165) is 6.07 Å².